The van der Waals surface area contributed by atoms with Gasteiger partial charge in [0.1, 0.15) is 0 Å². The van der Waals surface area contributed by atoms with Crippen molar-refractivity contribution in [2.75, 3.05) is 18.9 Å². The third kappa shape index (κ3) is 4.07. The van der Waals surface area contributed by atoms with E-state index in [2.05, 4.69) is 4.72 Å². The van der Waals surface area contributed by atoms with Crippen molar-refractivity contribution in [3.8, 4) is 0 Å². The molecule has 0 aromatic heterocycles. The van der Waals surface area contributed by atoms with Crippen LogP contribution < -0.4 is 4.72 Å². The zero-order valence-electron chi connectivity index (χ0n) is 9.18. The van der Waals surface area contributed by atoms with E-state index in [4.69, 9.17) is 9.84 Å². The number of sulfonamides is 1. The highest BCUT2D eigenvalue weighted by Crippen LogP contribution is 2.22. The fourth-order valence-corrected chi connectivity index (χ4v) is 2.72. The predicted molar refractivity (Wildman–Crippen MR) is 57.6 cm³/mol. The molecule has 6 nitrogen and oxygen atoms in total. The molecule has 2 N–H and O–H groups in total. The number of hydrogen-bond donors (Lipinski definition) is 2. The number of rotatable bonds is 6. The van der Waals surface area contributed by atoms with Crippen molar-refractivity contribution >= 4 is 16.0 Å². The molecule has 1 rings (SSSR count). The smallest absolute Gasteiger partial charge is 0.320 e. The second-order valence-corrected chi connectivity index (χ2v) is 5.67. The zero-order chi connectivity index (χ0) is 12.2. The molecule has 0 amide bonds. The standard InChI is InChI=1S/C9H17NO5S/c1-2-8-7(3-4-15-8)5-10-16(13,14)6-9(11)12/h7-8,10H,2-6H2,1H3,(H,11,12). The van der Waals surface area contributed by atoms with Crippen molar-refractivity contribution in [1.29, 1.82) is 0 Å². The lowest BCUT2D eigenvalue weighted by molar-refractivity contribution is -0.134. The minimum Gasteiger partial charge on any atom is -0.480 e. The lowest BCUT2D eigenvalue weighted by atomic mass is 10.0. The highest BCUT2D eigenvalue weighted by Gasteiger charge is 2.28. The van der Waals surface area contributed by atoms with Crippen molar-refractivity contribution in [3.05, 3.63) is 0 Å². The summed E-state index contributed by atoms with van der Waals surface area (Å²) in [5, 5.41) is 8.40. The highest BCUT2D eigenvalue weighted by atomic mass is 32.2. The van der Waals surface area contributed by atoms with Gasteiger partial charge in [-0.3, -0.25) is 4.79 Å². The first-order valence-electron chi connectivity index (χ1n) is 5.25. The van der Waals surface area contributed by atoms with Gasteiger partial charge in [-0.15, -0.1) is 0 Å². The van der Waals surface area contributed by atoms with E-state index < -0.39 is 21.7 Å². The van der Waals surface area contributed by atoms with E-state index in [1.54, 1.807) is 0 Å². The van der Waals surface area contributed by atoms with Gasteiger partial charge in [0.05, 0.1) is 6.10 Å². The van der Waals surface area contributed by atoms with Crippen LogP contribution in [0.3, 0.4) is 0 Å². The minimum absolute atomic E-state index is 0.0764. The predicted octanol–water partition coefficient (Wildman–Crippen LogP) is -0.194. The van der Waals surface area contributed by atoms with Gasteiger partial charge in [0.2, 0.25) is 10.0 Å². The summed E-state index contributed by atoms with van der Waals surface area (Å²) in [6, 6.07) is 0. The Morgan fingerprint density at radius 2 is 2.25 bits per heavy atom. The maximum absolute atomic E-state index is 11.3. The van der Waals surface area contributed by atoms with Crippen LogP contribution in [-0.2, 0) is 19.6 Å². The van der Waals surface area contributed by atoms with Crippen LogP contribution in [0.1, 0.15) is 19.8 Å². The number of hydrogen-bond acceptors (Lipinski definition) is 4. The van der Waals surface area contributed by atoms with Crippen LogP contribution in [-0.4, -0.2) is 44.5 Å². The van der Waals surface area contributed by atoms with Crippen molar-refractivity contribution < 1.29 is 23.1 Å². The molecule has 0 saturated carbocycles. The van der Waals surface area contributed by atoms with Crippen molar-refractivity contribution in [2.24, 2.45) is 5.92 Å². The first-order valence-corrected chi connectivity index (χ1v) is 6.90. The minimum atomic E-state index is -3.71. The summed E-state index contributed by atoms with van der Waals surface area (Å²) in [7, 11) is -3.71. The molecule has 94 valence electrons. The van der Waals surface area contributed by atoms with E-state index in [-0.39, 0.29) is 18.6 Å². The second-order valence-electron chi connectivity index (χ2n) is 3.87. The number of carboxylic acids is 1. The maximum atomic E-state index is 11.3. The van der Waals surface area contributed by atoms with Crippen LogP contribution in [0.2, 0.25) is 0 Å². The molecule has 1 aliphatic rings. The first-order chi connectivity index (χ1) is 7.44. The molecule has 0 aliphatic carbocycles. The fraction of sp³-hybridized carbons (Fsp3) is 0.889. The Labute approximate surface area is 95.0 Å². The molecule has 0 bridgehead atoms. The Morgan fingerprint density at radius 1 is 1.56 bits per heavy atom. The number of nitrogens with one attached hydrogen (secondary N) is 1. The Hall–Kier alpha value is -0.660. The molecule has 1 fully saturated rings. The van der Waals surface area contributed by atoms with E-state index in [0.717, 1.165) is 12.8 Å². The van der Waals surface area contributed by atoms with E-state index in [9.17, 15) is 13.2 Å². The van der Waals surface area contributed by atoms with Crippen LogP contribution >= 0.6 is 0 Å². The Balaban J connectivity index is 2.42. The summed E-state index contributed by atoms with van der Waals surface area (Å²) < 4.78 is 30.2. The average Bonchev–Trinajstić information content (AvgIpc) is 2.59. The molecule has 1 aliphatic heterocycles. The highest BCUT2D eigenvalue weighted by molar-refractivity contribution is 7.90. The van der Waals surface area contributed by atoms with Crippen LogP contribution in [0.5, 0.6) is 0 Å². The molecule has 0 spiro atoms. The van der Waals surface area contributed by atoms with Gasteiger partial charge >= 0.3 is 5.97 Å². The van der Waals surface area contributed by atoms with E-state index in [1.165, 1.54) is 0 Å². The van der Waals surface area contributed by atoms with Crippen LogP contribution in [0.25, 0.3) is 0 Å². The molecular formula is C9H17NO5S. The summed E-state index contributed by atoms with van der Waals surface area (Å²) >= 11 is 0. The van der Waals surface area contributed by atoms with Gasteiger partial charge in [-0.25, -0.2) is 13.1 Å². The van der Waals surface area contributed by atoms with Crippen molar-refractivity contribution in [2.45, 2.75) is 25.9 Å². The topological polar surface area (TPSA) is 92.7 Å². The summed E-state index contributed by atoms with van der Waals surface area (Å²) in [4.78, 5) is 10.3. The molecule has 2 atom stereocenters. The summed E-state index contributed by atoms with van der Waals surface area (Å²) in [5.74, 6) is -2.08. The molecular weight excluding hydrogens is 234 g/mol. The molecule has 16 heavy (non-hydrogen) atoms. The lowest BCUT2D eigenvalue weighted by Gasteiger charge is -2.16. The lowest BCUT2D eigenvalue weighted by Crippen LogP contribution is -2.35. The third-order valence-electron chi connectivity index (χ3n) is 2.63. The van der Waals surface area contributed by atoms with Gasteiger partial charge < -0.3 is 9.84 Å². The molecule has 0 radical (unpaired) electrons. The van der Waals surface area contributed by atoms with E-state index in [0.29, 0.717) is 6.61 Å². The SMILES string of the molecule is CCC1OCCC1CNS(=O)(=O)CC(=O)O. The fourth-order valence-electron chi connectivity index (χ4n) is 1.83. The summed E-state index contributed by atoms with van der Waals surface area (Å²) in [5.41, 5.74) is 0. The van der Waals surface area contributed by atoms with Crippen LogP contribution in [0.15, 0.2) is 0 Å². The molecule has 1 saturated heterocycles. The number of aliphatic carboxylic acids is 1. The van der Waals surface area contributed by atoms with Gasteiger partial charge in [-0.1, -0.05) is 6.92 Å². The van der Waals surface area contributed by atoms with E-state index >= 15 is 0 Å². The quantitative estimate of drug-likeness (QED) is 0.682. The van der Waals surface area contributed by atoms with E-state index in [1.807, 2.05) is 6.92 Å². The van der Waals surface area contributed by atoms with Gasteiger partial charge in [-0.2, -0.15) is 0 Å². The Kier molecular flexibility index (Phi) is 4.69. The van der Waals surface area contributed by atoms with Gasteiger partial charge in [0.15, 0.2) is 5.75 Å². The third-order valence-corrected chi connectivity index (χ3v) is 3.86. The first kappa shape index (κ1) is 13.4. The molecule has 0 aromatic carbocycles. The molecule has 0 aromatic rings. The largest absolute Gasteiger partial charge is 0.480 e. The number of carbonyl (C=O) groups is 1. The van der Waals surface area contributed by atoms with Gasteiger partial charge in [0.25, 0.3) is 0 Å². The monoisotopic (exact) mass is 251 g/mol. The van der Waals surface area contributed by atoms with Crippen molar-refractivity contribution in [3.63, 3.8) is 0 Å². The average molecular weight is 251 g/mol. The molecule has 2 unspecified atom stereocenters. The summed E-state index contributed by atoms with van der Waals surface area (Å²) in [6.07, 6.45) is 1.73. The Morgan fingerprint density at radius 3 is 2.81 bits per heavy atom. The molecule has 7 heteroatoms. The summed E-state index contributed by atoms with van der Waals surface area (Å²) in [6.45, 7) is 2.88. The van der Waals surface area contributed by atoms with Crippen LogP contribution in [0, 0.1) is 5.92 Å². The zero-order valence-corrected chi connectivity index (χ0v) is 10.00. The Bertz CT molecular complexity index is 340. The number of ether oxygens (including phenoxy) is 1. The van der Waals surface area contributed by atoms with Gasteiger partial charge in [0, 0.05) is 19.1 Å². The van der Waals surface area contributed by atoms with Gasteiger partial charge in [-0.05, 0) is 12.8 Å². The second kappa shape index (κ2) is 5.60. The normalized spacial score (nSPS) is 25.8. The molecule has 1 heterocycles. The van der Waals surface area contributed by atoms with Crippen LogP contribution in [0.4, 0.5) is 0 Å². The number of carboxylic acid groups (broad SMARTS) is 1. The van der Waals surface area contributed by atoms with Crippen molar-refractivity contribution in [1.82, 2.24) is 4.72 Å². The maximum Gasteiger partial charge on any atom is 0.320 e.